The second kappa shape index (κ2) is 5.63. The average molecular weight is 326 g/mol. The quantitative estimate of drug-likeness (QED) is 0.925. The molecule has 19 heavy (non-hydrogen) atoms. The number of rotatable bonds is 4. The number of methoxy groups -OCH3 is 1. The molecule has 0 aliphatic heterocycles. The molecular formula is C15H20BrNO2. The molecule has 2 atom stereocenters. The predicted molar refractivity (Wildman–Crippen MR) is 79.3 cm³/mol. The van der Waals surface area contributed by atoms with Crippen LogP contribution in [0, 0.1) is 5.41 Å². The minimum Gasteiger partial charge on any atom is -0.497 e. The zero-order valence-electron chi connectivity index (χ0n) is 11.4. The van der Waals surface area contributed by atoms with Crippen LogP contribution in [0.25, 0.3) is 0 Å². The summed E-state index contributed by atoms with van der Waals surface area (Å²) < 4.78 is 6.15. The zero-order valence-corrected chi connectivity index (χ0v) is 13.0. The van der Waals surface area contributed by atoms with Gasteiger partial charge in [-0.2, -0.15) is 0 Å². The van der Waals surface area contributed by atoms with E-state index in [2.05, 4.69) is 15.9 Å². The lowest BCUT2D eigenvalue weighted by Gasteiger charge is -2.27. The molecular weight excluding hydrogens is 306 g/mol. The number of hydrogen-bond acceptors (Lipinski definition) is 3. The lowest BCUT2D eigenvalue weighted by Crippen LogP contribution is -2.41. The Bertz CT molecular complexity index is 489. The lowest BCUT2D eigenvalue weighted by atomic mass is 9.78. The highest BCUT2D eigenvalue weighted by atomic mass is 79.9. The van der Waals surface area contributed by atoms with Crippen molar-refractivity contribution in [2.75, 3.05) is 7.11 Å². The largest absolute Gasteiger partial charge is 0.497 e. The Morgan fingerprint density at radius 1 is 1.58 bits per heavy atom. The van der Waals surface area contributed by atoms with Crippen LogP contribution in [0.3, 0.4) is 0 Å². The fourth-order valence-electron chi connectivity index (χ4n) is 2.73. The van der Waals surface area contributed by atoms with Gasteiger partial charge in [0.2, 0.25) is 0 Å². The summed E-state index contributed by atoms with van der Waals surface area (Å²) >= 11 is 3.49. The fraction of sp³-hybridized carbons (Fsp3) is 0.533. The van der Waals surface area contributed by atoms with Gasteiger partial charge in [-0.05, 0) is 36.6 Å². The summed E-state index contributed by atoms with van der Waals surface area (Å²) in [7, 11) is 1.63. The molecule has 0 radical (unpaired) electrons. The number of nitrogens with two attached hydrogens (primary N) is 1. The van der Waals surface area contributed by atoms with Crippen LogP contribution in [0.15, 0.2) is 22.7 Å². The van der Waals surface area contributed by atoms with Gasteiger partial charge in [-0.25, -0.2) is 0 Å². The maximum Gasteiger partial charge on any atom is 0.144 e. The molecule has 4 heteroatoms. The molecule has 1 aromatic carbocycles. The van der Waals surface area contributed by atoms with Gasteiger partial charge in [0, 0.05) is 22.4 Å². The number of ketones is 1. The number of carbonyl (C=O) groups is 1. The highest BCUT2D eigenvalue weighted by molar-refractivity contribution is 9.10. The van der Waals surface area contributed by atoms with Crippen molar-refractivity contribution in [1.29, 1.82) is 0 Å². The maximum absolute atomic E-state index is 12.6. The van der Waals surface area contributed by atoms with Gasteiger partial charge in [0.25, 0.3) is 0 Å². The van der Waals surface area contributed by atoms with E-state index in [-0.39, 0.29) is 17.2 Å². The van der Waals surface area contributed by atoms with Crippen molar-refractivity contribution in [3.8, 4) is 5.75 Å². The molecule has 2 rings (SSSR count). The van der Waals surface area contributed by atoms with Crippen molar-refractivity contribution in [3.05, 3.63) is 28.2 Å². The fourth-order valence-corrected chi connectivity index (χ4v) is 3.11. The number of halogens is 1. The van der Waals surface area contributed by atoms with E-state index < -0.39 is 0 Å². The van der Waals surface area contributed by atoms with Crippen LogP contribution >= 0.6 is 15.9 Å². The summed E-state index contributed by atoms with van der Waals surface area (Å²) in [5.74, 6) is 0.998. The molecule has 2 unspecified atom stereocenters. The Labute approximate surface area is 122 Å². The van der Waals surface area contributed by atoms with Crippen molar-refractivity contribution in [2.45, 2.75) is 38.6 Å². The van der Waals surface area contributed by atoms with E-state index in [1.807, 2.05) is 25.1 Å². The van der Waals surface area contributed by atoms with E-state index in [0.717, 1.165) is 35.0 Å². The molecule has 2 N–H and O–H groups in total. The second-order valence-corrected chi connectivity index (χ2v) is 6.33. The van der Waals surface area contributed by atoms with Gasteiger partial charge in [0.1, 0.15) is 11.5 Å². The molecule has 1 aliphatic carbocycles. The summed E-state index contributed by atoms with van der Waals surface area (Å²) in [5, 5.41) is 0. The minimum absolute atomic E-state index is 0.00983. The average Bonchev–Trinajstić information content (AvgIpc) is 2.73. The van der Waals surface area contributed by atoms with Crippen LogP contribution in [0.2, 0.25) is 0 Å². The van der Waals surface area contributed by atoms with Crippen molar-refractivity contribution in [3.63, 3.8) is 0 Å². The smallest absolute Gasteiger partial charge is 0.144 e. The highest BCUT2D eigenvalue weighted by Crippen LogP contribution is 2.39. The third kappa shape index (κ3) is 2.84. The molecule has 0 amide bonds. The Balaban J connectivity index is 2.19. The van der Waals surface area contributed by atoms with Crippen molar-refractivity contribution in [1.82, 2.24) is 0 Å². The summed E-state index contributed by atoms with van der Waals surface area (Å²) in [4.78, 5) is 12.6. The molecule has 0 spiro atoms. The molecule has 0 heterocycles. The van der Waals surface area contributed by atoms with E-state index in [1.165, 1.54) is 0 Å². The van der Waals surface area contributed by atoms with Gasteiger partial charge >= 0.3 is 0 Å². The van der Waals surface area contributed by atoms with Gasteiger partial charge in [0.05, 0.1) is 7.11 Å². The summed E-state index contributed by atoms with van der Waals surface area (Å²) in [5.41, 5.74) is 6.69. The van der Waals surface area contributed by atoms with Crippen molar-refractivity contribution < 1.29 is 9.53 Å². The molecule has 1 aromatic rings. The molecule has 0 bridgehead atoms. The molecule has 1 fully saturated rings. The highest BCUT2D eigenvalue weighted by Gasteiger charge is 2.42. The van der Waals surface area contributed by atoms with E-state index in [9.17, 15) is 4.79 Å². The van der Waals surface area contributed by atoms with Crippen molar-refractivity contribution in [2.24, 2.45) is 11.1 Å². The first-order valence-corrected chi connectivity index (χ1v) is 7.38. The predicted octanol–water partition coefficient (Wildman–Crippen LogP) is 3.09. The summed E-state index contributed by atoms with van der Waals surface area (Å²) in [6.07, 6.45) is 3.29. The maximum atomic E-state index is 12.6. The summed E-state index contributed by atoms with van der Waals surface area (Å²) in [6, 6.07) is 5.69. The molecule has 1 saturated carbocycles. The lowest BCUT2D eigenvalue weighted by molar-refractivity contribution is -0.127. The normalized spacial score (nSPS) is 26.4. The minimum atomic E-state index is -0.373. The Morgan fingerprint density at radius 2 is 2.32 bits per heavy atom. The van der Waals surface area contributed by atoms with E-state index in [1.54, 1.807) is 7.11 Å². The number of carbonyl (C=O) groups excluding carboxylic acids is 1. The number of hydrogen-bond donors (Lipinski definition) is 1. The van der Waals surface area contributed by atoms with Crippen LogP contribution in [0.1, 0.15) is 31.7 Å². The standard InChI is InChI=1S/C15H20BrNO2/c1-15(7-3-4-13(15)17)14(18)9-10-8-11(19-2)5-6-12(10)16/h5-6,8,13H,3-4,7,9,17H2,1-2H3. The summed E-state index contributed by atoms with van der Waals surface area (Å²) in [6.45, 7) is 2.00. The molecule has 1 aliphatic rings. The van der Waals surface area contributed by atoms with Gasteiger partial charge in [-0.15, -0.1) is 0 Å². The number of benzene rings is 1. The first kappa shape index (κ1) is 14.5. The topological polar surface area (TPSA) is 52.3 Å². The van der Waals surface area contributed by atoms with Gasteiger partial charge in [-0.1, -0.05) is 29.3 Å². The van der Waals surface area contributed by atoms with Crippen LogP contribution in [0.5, 0.6) is 5.75 Å². The Kier molecular flexibility index (Phi) is 4.31. The van der Waals surface area contributed by atoms with E-state index in [4.69, 9.17) is 10.5 Å². The molecule has 0 aromatic heterocycles. The van der Waals surface area contributed by atoms with Crippen LogP contribution in [-0.2, 0) is 11.2 Å². The van der Waals surface area contributed by atoms with E-state index >= 15 is 0 Å². The monoisotopic (exact) mass is 325 g/mol. The third-order valence-electron chi connectivity index (χ3n) is 4.27. The van der Waals surface area contributed by atoms with E-state index in [0.29, 0.717) is 6.42 Å². The van der Waals surface area contributed by atoms with Gasteiger partial charge < -0.3 is 10.5 Å². The number of ether oxygens (including phenoxy) is 1. The zero-order chi connectivity index (χ0) is 14.0. The Hall–Kier alpha value is -0.870. The third-order valence-corrected chi connectivity index (χ3v) is 5.04. The first-order valence-electron chi connectivity index (χ1n) is 6.58. The molecule has 104 valence electrons. The molecule has 3 nitrogen and oxygen atoms in total. The van der Waals surface area contributed by atoms with Crippen molar-refractivity contribution >= 4 is 21.7 Å². The van der Waals surface area contributed by atoms with Crippen LogP contribution in [-0.4, -0.2) is 18.9 Å². The molecule has 0 saturated heterocycles. The van der Waals surface area contributed by atoms with Crippen LogP contribution in [0.4, 0.5) is 0 Å². The van der Waals surface area contributed by atoms with Gasteiger partial charge in [0.15, 0.2) is 0 Å². The number of Topliss-reactive ketones (excluding diaryl/α,β-unsaturated/α-hetero) is 1. The second-order valence-electron chi connectivity index (χ2n) is 5.47. The van der Waals surface area contributed by atoms with Crippen LogP contribution < -0.4 is 10.5 Å². The Morgan fingerprint density at radius 3 is 2.89 bits per heavy atom. The van der Waals surface area contributed by atoms with Gasteiger partial charge in [-0.3, -0.25) is 4.79 Å². The first-order chi connectivity index (χ1) is 8.97. The SMILES string of the molecule is COc1ccc(Br)c(CC(=O)C2(C)CCCC2N)c1.